The van der Waals surface area contributed by atoms with E-state index in [2.05, 4.69) is 20.8 Å². The van der Waals surface area contributed by atoms with Crippen molar-refractivity contribution >= 4 is 14.1 Å². The maximum absolute atomic E-state index is 13.1. The molecule has 0 aromatic heterocycles. The lowest BCUT2D eigenvalue weighted by Gasteiger charge is -2.49. The number of rotatable bonds is 12. The van der Waals surface area contributed by atoms with Crippen molar-refractivity contribution in [1.29, 1.82) is 0 Å². The second-order valence-electron chi connectivity index (χ2n) is 9.85. The van der Waals surface area contributed by atoms with Gasteiger partial charge in [0, 0.05) is 7.11 Å². The third-order valence-electron chi connectivity index (χ3n) is 7.83. The molecule has 0 saturated carbocycles. The Morgan fingerprint density at radius 2 is 1.35 bits per heavy atom. The van der Waals surface area contributed by atoms with Gasteiger partial charge in [-0.15, -0.1) is 0 Å². The molecule has 6 atom stereocenters. The Morgan fingerprint density at radius 1 is 0.811 bits per heavy atom. The van der Waals surface area contributed by atoms with Crippen molar-refractivity contribution in [3.63, 3.8) is 0 Å². The van der Waals surface area contributed by atoms with Gasteiger partial charge in [0.1, 0.15) is 12.2 Å². The molecule has 2 aromatic carbocycles. The number of benzene rings is 2. The molecule has 1 saturated heterocycles. The summed E-state index contributed by atoms with van der Waals surface area (Å²) in [5, 5.41) is 0. The largest absolute Gasteiger partial charge is 0.410 e. The fraction of sp³-hybridized carbons (Fsp3) is 0.500. The zero-order chi connectivity index (χ0) is 26.3. The summed E-state index contributed by atoms with van der Waals surface area (Å²) in [5.41, 5.74) is 2.10. The molecule has 200 valence electrons. The molecule has 1 fully saturated rings. The van der Waals surface area contributed by atoms with Gasteiger partial charge in [-0.05, 0) is 35.3 Å². The Bertz CT molecular complexity index is 1000. The number of carbonyl (C=O) groups is 1. The Balaban J connectivity index is 1.67. The summed E-state index contributed by atoms with van der Waals surface area (Å²) in [4.78, 5) is 13.1. The van der Waals surface area contributed by atoms with Crippen LogP contribution in [0.15, 0.2) is 72.8 Å². The molecular weight excluding hydrogens is 484 g/mol. The normalized spacial score (nSPS) is 27.7. The van der Waals surface area contributed by atoms with Gasteiger partial charge < -0.3 is 23.4 Å². The standard InChI is InChI=1S/C30H40O6Si/c1-5-37(6-2,7-3)36-25-19-18-24(31)27-26(25)28(33-20-22-14-10-8-11-15-22)29(30(32-4)35-27)34-21-23-16-12-9-13-17-23/h8-19,25-30H,5-7,20-21H2,1-4H3/t25-,26+,27-,28+,29-,30+/m1/s1. The quantitative estimate of drug-likeness (QED) is 0.333. The lowest BCUT2D eigenvalue weighted by atomic mass is 9.79. The highest BCUT2D eigenvalue weighted by atomic mass is 28.4. The van der Waals surface area contributed by atoms with Crippen LogP contribution in [0.4, 0.5) is 0 Å². The summed E-state index contributed by atoms with van der Waals surface area (Å²) >= 11 is 0. The molecule has 0 bridgehead atoms. The highest BCUT2D eigenvalue weighted by molar-refractivity contribution is 6.73. The van der Waals surface area contributed by atoms with Gasteiger partial charge in [0.25, 0.3) is 0 Å². The van der Waals surface area contributed by atoms with Gasteiger partial charge in [0.15, 0.2) is 20.4 Å². The third-order valence-corrected chi connectivity index (χ3v) is 12.5. The Morgan fingerprint density at radius 3 is 1.86 bits per heavy atom. The smallest absolute Gasteiger partial charge is 0.192 e. The number of fused-ring (bicyclic) bond motifs is 1. The van der Waals surface area contributed by atoms with E-state index in [0.29, 0.717) is 13.2 Å². The summed E-state index contributed by atoms with van der Waals surface area (Å²) < 4.78 is 32.1. The fourth-order valence-corrected chi connectivity index (χ4v) is 8.21. The monoisotopic (exact) mass is 524 g/mol. The molecule has 2 aromatic rings. The Kier molecular flexibility index (Phi) is 9.87. The van der Waals surface area contributed by atoms with E-state index in [1.54, 1.807) is 13.2 Å². The van der Waals surface area contributed by atoms with E-state index in [-0.39, 0.29) is 17.8 Å². The van der Waals surface area contributed by atoms with Crippen LogP contribution in [0.5, 0.6) is 0 Å². The molecule has 4 rings (SSSR count). The first-order valence-corrected chi connectivity index (χ1v) is 16.0. The second kappa shape index (κ2) is 13.1. The zero-order valence-electron chi connectivity index (χ0n) is 22.4. The molecule has 0 N–H and O–H groups in total. The summed E-state index contributed by atoms with van der Waals surface area (Å²) in [6.07, 6.45) is 0.761. The number of carbonyl (C=O) groups excluding carboxylic acids is 1. The van der Waals surface area contributed by atoms with Gasteiger partial charge in [-0.2, -0.15) is 0 Å². The average Bonchev–Trinajstić information content (AvgIpc) is 2.95. The van der Waals surface area contributed by atoms with Crippen LogP contribution in [-0.2, 0) is 41.4 Å². The van der Waals surface area contributed by atoms with E-state index >= 15 is 0 Å². The van der Waals surface area contributed by atoms with Crippen LogP contribution in [0.2, 0.25) is 18.1 Å². The van der Waals surface area contributed by atoms with Crippen LogP contribution < -0.4 is 0 Å². The molecular formula is C30H40O6Si. The van der Waals surface area contributed by atoms with Crippen molar-refractivity contribution in [3.8, 4) is 0 Å². The van der Waals surface area contributed by atoms with Crippen molar-refractivity contribution in [2.24, 2.45) is 5.92 Å². The summed E-state index contributed by atoms with van der Waals surface area (Å²) in [7, 11) is -0.402. The van der Waals surface area contributed by atoms with Crippen LogP contribution in [-0.4, -0.2) is 51.9 Å². The lowest BCUT2D eigenvalue weighted by Crippen LogP contribution is -2.63. The molecule has 1 aliphatic carbocycles. The minimum Gasteiger partial charge on any atom is -0.410 e. The molecule has 0 spiro atoms. The van der Waals surface area contributed by atoms with E-state index < -0.39 is 32.9 Å². The van der Waals surface area contributed by atoms with Gasteiger partial charge in [0.05, 0.1) is 31.3 Å². The number of hydrogen-bond acceptors (Lipinski definition) is 6. The Hall–Kier alpha value is -2.13. The molecule has 0 unspecified atom stereocenters. The van der Waals surface area contributed by atoms with Crippen molar-refractivity contribution in [2.45, 2.75) is 82.8 Å². The summed E-state index contributed by atoms with van der Waals surface area (Å²) in [6, 6.07) is 23.1. The van der Waals surface area contributed by atoms with E-state index in [9.17, 15) is 4.79 Å². The first-order chi connectivity index (χ1) is 18.0. The molecule has 2 aliphatic rings. The molecule has 0 amide bonds. The topological polar surface area (TPSA) is 63.2 Å². The highest BCUT2D eigenvalue weighted by Crippen LogP contribution is 2.40. The van der Waals surface area contributed by atoms with Crippen LogP contribution >= 0.6 is 0 Å². The molecule has 1 heterocycles. The SMILES string of the molecule is CC[Si](CC)(CC)O[C@@H]1C=CC(=O)[C@H]2O[C@H](OC)[C@H](OCc3ccccc3)[C@@H](OCc3ccccc3)[C@H]21. The number of ketones is 1. The predicted octanol–water partition coefficient (Wildman–Crippen LogP) is 5.67. The molecule has 6 nitrogen and oxygen atoms in total. The average molecular weight is 525 g/mol. The first-order valence-electron chi connectivity index (χ1n) is 13.4. The minimum absolute atomic E-state index is 0.0847. The number of methoxy groups -OCH3 is 1. The van der Waals surface area contributed by atoms with Gasteiger partial charge in [0.2, 0.25) is 0 Å². The number of ether oxygens (including phenoxy) is 4. The molecule has 0 radical (unpaired) electrons. The summed E-state index contributed by atoms with van der Waals surface area (Å²) in [6.45, 7) is 7.40. The highest BCUT2D eigenvalue weighted by Gasteiger charge is 2.54. The van der Waals surface area contributed by atoms with Crippen LogP contribution in [0.1, 0.15) is 31.9 Å². The van der Waals surface area contributed by atoms with Crippen LogP contribution in [0, 0.1) is 5.92 Å². The van der Waals surface area contributed by atoms with E-state index in [4.69, 9.17) is 23.4 Å². The van der Waals surface area contributed by atoms with Crippen molar-refractivity contribution in [2.75, 3.05) is 7.11 Å². The van der Waals surface area contributed by atoms with Crippen molar-refractivity contribution in [3.05, 3.63) is 83.9 Å². The predicted molar refractivity (Wildman–Crippen MR) is 145 cm³/mol. The van der Waals surface area contributed by atoms with Crippen molar-refractivity contribution < 1.29 is 28.2 Å². The Labute approximate surface area is 222 Å². The van der Waals surface area contributed by atoms with Gasteiger partial charge >= 0.3 is 0 Å². The fourth-order valence-electron chi connectivity index (χ4n) is 5.40. The minimum atomic E-state index is -1.98. The van der Waals surface area contributed by atoms with Gasteiger partial charge in [-0.1, -0.05) is 87.5 Å². The maximum atomic E-state index is 13.1. The first kappa shape index (κ1) is 27.9. The summed E-state index contributed by atoms with van der Waals surface area (Å²) in [5.74, 6) is -0.427. The number of hydrogen-bond donors (Lipinski definition) is 0. The second-order valence-corrected chi connectivity index (χ2v) is 14.6. The van der Waals surface area contributed by atoms with Crippen LogP contribution in [0.25, 0.3) is 0 Å². The van der Waals surface area contributed by atoms with Crippen LogP contribution in [0.3, 0.4) is 0 Å². The van der Waals surface area contributed by atoms with E-state index in [1.807, 2.05) is 66.7 Å². The van der Waals surface area contributed by atoms with E-state index in [0.717, 1.165) is 29.3 Å². The van der Waals surface area contributed by atoms with Gasteiger partial charge in [-0.3, -0.25) is 4.79 Å². The van der Waals surface area contributed by atoms with Gasteiger partial charge in [-0.25, -0.2) is 0 Å². The third kappa shape index (κ3) is 6.48. The zero-order valence-corrected chi connectivity index (χ0v) is 23.4. The molecule has 37 heavy (non-hydrogen) atoms. The molecule has 1 aliphatic heterocycles. The van der Waals surface area contributed by atoms with E-state index in [1.165, 1.54) is 0 Å². The lowest BCUT2D eigenvalue weighted by molar-refractivity contribution is -0.300. The van der Waals surface area contributed by atoms with Crippen molar-refractivity contribution in [1.82, 2.24) is 0 Å². The molecule has 7 heteroatoms. The maximum Gasteiger partial charge on any atom is 0.192 e.